The third-order valence-electron chi connectivity index (χ3n) is 4.17. The summed E-state index contributed by atoms with van der Waals surface area (Å²) in [6, 6.07) is 11.9. The lowest BCUT2D eigenvalue weighted by Crippen LogP contribution is -2.34. The first kappa shape index (κ1) is 15.5. The van der Waals surface area contributed by atoms with Gasteiger partial charge in [0.1, 0.15) is 17.2 Å². The minimum atomic E-state index is -0.567. The molecule has 2 heterocycles. The molecule has 0 bridgehead atoms. The van der Waals surface area contributed by atoms with Crippen LogP contribution in [-0.2, 0) is 4.79 Å². The molecule has 4 nitrogen and oxygen atoms in total. The van der Waals surface area contributed by atoms with Crippen LogP contribution in [0.5, 0.6) is 0 Å². The minimum Gasteiger partial charge on any atom is -0.295 e. The van der Waals surface area contributed by atoms with Crippen molar-refractivity contribution in [2.45, 2.75) is 11.4 Å². The Labute approximate surface area is 147 Å². The molecule has 4 rings (SSSR count). The summed E-state index contributed by atoms with van der Waals surface area (Å²) >= 11 is 7.27. The van der Waals surface area contributed by atoms with Crippen LogP contribution in [0.2, 0.25) is 5.02 Å². The number of benzene rings is 2. The van der Waals surface area contributed by atoms with Gasteiger partial charge in [0.05, 0.1) is 5.69 Å². The quantitative estimate of drug-likeness (QED) is 0.756. The molecule has 2 fully saturated rings. The van der Waals surface area contributed by atoms with Gasteiger partial charge in [0.15, 0.2) is 0 Å². The van der Waals surface area contributed by atoms with Crippen LogP contribution in [0.4, 0.5) is 14.9 Å². The van der Waals surface area contributed by atoms with Gasteiger partial charge < -0.3 is 0 Å². The molecule has 2 aromatic carbocycles. The van der Waals surface area contributed by atoms with Crippen molar-refractivity contribution in [3.63, 3.8) is 0 Å². The molecule has 7 heteroatoms. The molecule has 0 aromatic heterocycles. The van der Waals surface area contributed by atoms with E-state index in [4.69, 9.17) is 11.6 Å². The van der Waals surface area contributed by atoms with E-state index in [1.54, 1.807) is 42.5 Å². The molecule has 0 aliphatic carbocycles. The van der Waals surface area contributed by atoms with E-state index in [1.807, 2.05) is 0 Å². The number of imide groups is 1. The zero-order valence-corrected chi connectivity index (χ0v) is 13.9. The van der Waals surface area contributed by atoms with Gasteiger partial charge in [-0.3, -0.25) is 9.69 Å². The SMILES string of the molecule is O=C1[C@H]2CS[C@@H](c3ccccc3F)N2C(=O)N1c1ccc(Cl)cc1. The molecule has 2 atom stereocenters. The maximum absolute atomic E-state index is 14.1. The van der Waals surface area contributed by atoms with E-state index in [2.05, 4.69) is 0 Å². The average molecular weight is 363 g/mol. The van der Waals surface area contributed by atoms with Crippen LogP contribution in [0.25, 0.3) is 0 Å². The van der Waals surface area contributed by atoms with E-state index in [1.165, 1.54) is 22.7 Å². The van der Waals surface area contributed by atoms with Crippen molar-refractivity contribution < 1.29 is 14.0 Å². The zero-order chi connectivity index (χ0) is 16.8. The second-order valence-corrected chi connectivity index (χ2v) is 7.11. The highest BCUT2D eigenvalue weighted by Gasteiger charge is 2.53. The summed E-state index contributed by atoms with van der Waals surface area (Å²) in [5.74, 6) is -0.206. The molecule has 0 N–H and O–H groups in total. The third-order valence-corrected chi connectivity index (χ3v) is 5.73. The summed E-state index contributed by atoms with van der Waals surface area (Å²) in [5.41, 5.74) is 0.894. The molecular formula is C17H12ClFN2O2S. The van der Waals surface area contributed by atoms with Gasteiger partial charge in [-0.15, -0.1) is 11.8 Å². The summed E-state index contributed by atoms with van der Waals surface area (Å²) in [6.07, 6.45) is 0. The van der Waals surface area contributed by atoms with E-state index in [-0.39, 0.29) is 11.7 Å². The van der Waals surface area contributed by atoms with Crippen LogP contribution in [0.15, 0.2) is 48.5 Å². The van der Waals surface area contributed by atoms with Gasteiger partial charge in [-0.2, -0.15) is 0 Å². The Bertz CT molecular complexity index is 830. The number of fused-ring (bicyclic) bond motifs is 1. The molecule has 24 heavy (non-hydrogen) atoms. The van der Waals surface area contributed by atoms with Crippen molar-refractivity contribution in [2.24, 2.45) is 0 Å². The normalized spacial score (nSPS) is 23.1. The lowest BCUT2D eigenvalue weighted by atomic mass is 10.2. The fourth-order valence-corrected chi connectivity index (χ4v) is 4.59. The van der Waals surface area contributed by atoms with E-state index < -0.39 is 17.4 Å². The fourth-order valence-electron chi connectivity index (χ4n) is 3.03. The number of thioether (sulfide) groups is 1. The van der Waals surface area contributed by atoms with Crippen LogP contribution >= 0.6 is 23.4 Å². The van der Waals surface area contributed by atoms with Crippen molar-refractivity contribution >= 4 is 41.0 Å². The molecule has 0 saturated carbocycles. The molecule has 2 aliphatic heterocycles. The maximum Gasteiger partial charge on any atom is 0.333 e. The molecule has 2 saturated heterocycles. The summed E-state index contributed by atoms with van der Waals surface area (Å²) in [7, 11) is 0. The number of nitrogens with zero attached hydrogens (tertiary/aromatic N) is 2. The lowest BCUT2D eigenvalue weighted by Gasteiger charge is -2.23. The first-order valence-electron chi connectivity index (χ1n) is 7.36. The van der Waals surface area contributed by atoms with Crippen molar-refractivity contribution in [2.75, 3.05) is 10.7 Å². The van der Waals surface area contributed by atoms with Gasteiger partial charge in [-0.25, -0.2) is 14.1 Å². The molecule has 0 radical (unpaired) electrons. The lowest BCUT2D eigenvalue weighted by molar-refractivity contribution is -0.119. The Morgan fingerprint density at radius 3 is 2.50 bits per heavy atom. The second kappa shape index (κ2) is 5.79. The van der Waals surface area contributed by atoms with Gasteiger partial charge in [0.25, 0.3) is 5.91 Å². The molecule has 122 valence electrons. The Hall–Kier alpha value is -2.05. The standard InChI is InChI=1S/C17H12ClFN2O2S/c18-10-5-7-11(8-6-10)20-15(22)14-9-24-16(21(14)17(20)23)12-3-1-2-4-13(12)19/h1-8,14,16H,9H2/t14-,16+/m1/s1. The van der Waals surface area contributed by atoms with Crippen molar-refractivity contribution in [1.82, 2.24) is 4.90 Å². The number of anilines is 1. The van der Waals surface area contributed by atoms with Crippen molar-refractivity contribution in [3.8, 4) is 0 Å². The zero-order valence-electron chi connectivity index (χ0n) is 12.4. The molecular weight excluding hydrogens is 351 g/mol. The molecule has 2 aromatic rings. The molecule has 3 amide bonds. The maximum atomic E-state index is 14.1. The third kappa shape index (κ3) is 2.29. The number of urea groups is 1. The number of hydrogen-bond acceptors (Lipinski definition) is 3. The topological polar surface area (TPSA) is 40.6 Å². The Balaban J connectivity index is 1.70. The summed E-state index contributed by atoms with van der Waals surface area (Å²) < 4.78 is 14.1. The molecule has 2 aliphatic rings. The largest absolute Gasteiger partial charge is 0.333 e. The molecule has 0 unspecified atom stereocenters. The number of carbonyl (C=O) groups excluding carboxylic acids is 2. The van der Waals surface area contributed by atoms with E-state index in [0.717, 1.165) is 4.90 Å². The number of rotatable bonds is 2. The van der Waals surface area contributed by atoms with Crippen molar-refractivity contribution in [3.05, 3.63) is 64.9 Å². The summed E-state index contributed by atoms with van der Waals surface area (Å²) in [4.78, 5) is 28.1. The van der Waals surface area contributed by atoms with Crippen LogP contribution in [0.1, 0.15) is 10.9 Å². The number of halogens is 2. The van der Waals surface area contributed by atoms with E-state index in [9.17, 15) is 14.0 Å². The van der Waals surface area contributed by atoms with Crippen molar-refractivity contribution in [1.29, 1.82) is 0 Å². The van der Waals surface area contributed by atoms with Gasteiger partial charge in [0.2, 0.25) is 0 Å². The van der Waals surface area contributed by atoms with Gasteiger partial charge in [0, 0.05) is 16.3 Å². The van der Waals surface area contributed by atoms with Crippen LogP contribution in [0.3, 0.4) is 0 Å². The number of carbonyl (C=O) groups is 2. The van der Waals surface area contributed by atoms with Gasteiger partial charge in [-0.05, 0) is 30.3 Å². The van der Waals surface area contributed by atoms with E-state index in [0.29, 0.717) is 22.0 Å². The number of amides is 3. The van der Waals surface area contributed by atoms with Crippen LogP contribution in [0, 0.1) is 5.82 Å². The Morgan fingerprint density at radius 1 is 1.08 bits per heavy atom. The fraction of sp³-hybridized carbons (Fsp3) is 0.176. The highest BCUT2D eigenvalue weighted by molar-refractivity contribution is 7.99. The summed E-state index contributed by atoms with van der Waals surface area (Å²) in [5, 5.41) is 0.0306. The monoisotopic (exact) mass is 362 g/mol. The Morgan fingerprint density at radius 2 is 1.79 bits per heavy atom. The second-order valence-electron chi connectivity index (χ2n) is 5.56. The average Bonchev–Trinajstić information content (AvgIpc) is 3.10. The van der Waals surface area contributed by atoms with Gasteiger partial charge >= 0.3 is 6.03 Å². The highest BCUT2D eigenvalue weighted by Crippen LogP contribution is 2.46. The Kier molecular flexibility index (Phi) is 3.73. The van der Waals surface area contributed by atoms with Crippen LogP contribution < -0.4 is 4.90 Å². The first-order chi connectivity index (χ1) is 11.6. The summed E-state index contributed by atoms with van der Waals surface area (Å²) in [6.45, 7) is 0. The van der Waals surface area contributed by atoms with Gasteiger partial charge in [-0.1, -0.05) is 29.8 Å². The highest BCUT2D eigenvalue weighted by atomic mass is 35.5. The van der Waals surface area contributed by atoms with Crippen LogP contribution in [-0.4, -0.2) is 28.6 Å². The smallest absolute Gasteiger partial charge is 0.295 e. The first-order valence-corrected chi connectivity index (χ1v) is 8.78. The number of hydrogen-bond donors (Lipinski definition) is 0. The minimum absolute atomic E-state index is 0.284. The predicted molar refractivity (Wildman–Crippen MR) is 91.6 cm³/mol. The predicted octanol–water partition coefficient (Wildman–Crippen LogP) is 4.06. The molecule has 0 spiro atoms. The van der Waals surface area contributed by atoms with E-state index >= 15 is 0 Å².